The van der Waals surface area contributed by atoms with Gasteiger partial charge in [0.15, 0.2) is 5.65 Å². The van der Waals surface area contributed by atoms with Crippen LogP contribution in [0.3, 0.4) is 0 Å². The van der Waals surface area contributed by atoms with Crippen molar-refractivity contribution >= 4 is 11.2 Å². The molecule has 0 aliphatic carbocycles. The molecule has 0 saturated carbocycles. The molecule has 2 aromatic rings. The molecule has 0 radical (unpaired) electrons. The Hall–Kier alpha value is -1.38. The van der Waals surface area contributed by atoms with E-state index in [1.54, 1.807) is 0 Å². The second-order valence-corrected chi connectivity index (χ2v) is 5.11. The predicted octanol–water partition coefficient (Wildman–Crippen LogP) is 2.87. The summed E-state index contributed by atoms with van der Waals surface area (Å²) in [4.78, 5) is 12.3. The Kier molecular flexibility index (Phi) is 2.07. The van der Waals surface area contributed by atoms with Crippen molar-refractivity contribution in [3.05, 3.63) is 23.1 Å². The van der Waals surface area contributed by atoms with Crippen molar-refractivity contribution in [2.24, 2.45) is 0 Å². The summed E-state index contributed by atoms with van der Waals surface area (Å²) in [5.74, 6) is 0.999. The number of imidazole rings is 1. The summed E-state index contributed by atoms with van der Waals surface area (Å²) in [6, 6.07) is 2.08. The van der Waals surface area contributed by atoms with Gasteiger partial charge >= 0.3 is 0 Å². The molecule has 0 unspecified atom stereocenters. The summed E-state index contributed by atoms with van der Waals surface area (Å²) in [6.45, 7) is 10.5. The maximum atomic E-state index is 4.54. The van der Waals surface area contributed by atoms with Gasteiger partial charge in [-0.1, -0.05) is 20.8 Å². The van der Waals surface area contributed by atoms with Gasteiger partial charge in [0.05, 0.1) is 5.52 Å². The smallest absolute Gasteiger partial charge is 0.178 e. The second-order valence-electron chi connectivity index (χ2n) is 5.11. The first-order chi connectivity index (χ1) is 6.88. The van der Waals surface area contributed by atoms with E-state index in [9.17, 15) is 0 Å². The molecule has 0 bridgehead atoms. The Morgan fingerprint density at radius 1 is 1.13 bits per heavy atom. The molecule has 0 amide bonds. The van der Waals surface area contributed by atoms with E-state index in [2.05, 4.69) is 48.7 Å². The molecule has 0 aromatic carbocycles. The van der Waals surface area contributed by atoms with Crippen LogP contribution in [0.2, 0.25) is 0 Å². The zero-order valence-corrected chi connectivity index (χ0v) is 9.97. The molecule has 0 atom stereocenters. The first-order valence-electron chi connectivity index (χ1n) is 5.22. The van der Waals surface area contributed by atoms with Crippen LogP contribution in [0.1, 0.15) is 37.9 Å². The third-order valence-corrected chi connectivity index (χ3v) is 2.50. The van der Waals surface area contributed by atoms with Gasteiger partial charge in [-0.25, -0.2) is 9.97 Å². The van der Waals surface area contributed by atoms with Crippen molar-refractivity contribution in [3.63, 3.8) is 0 Å². The zero-order chi connectivity index (χ0) is 11.2. The van der Waals surface area contributed by atoms with Crippen LogP contribution in [0.25, 0.3) is 11.2 Å². The first kappa shape index (κ1) is 10.1. The van der Waals surface area contributed by atoms with Crippen molar-refractivity contribution in [3.8, 4) is 0 Å². The van der Waals surface area contributed by atoms with Gasteiger partial charge in [-0.15, -0.1) is 0 Å². The molecule has 1 N–H and O–H groups in total. The van der Waals surface area contributed by atoms with Crippen LogP contribution in [0.15, 0.2) is 6.07 Å². The lowest BCUT2D eigenvalue weighted by Gasteiger charge is -2.13. The number of fused-ring (bicyclic) bond motifs is 1. The highest BCUT2D eigenvalue weighted by atomic mass is 15.0. The second kappa shape index (κ2) is 3.05. The molecule has 0 spiro atoms. The fourth-order valence-electron chi connectivity index (χ4n) is 1.66. The van der Waals surface area contributed by atoms with Crippen LogP contribution in [0.4, 0.5) is 0 Å². The van der Waals surface area contributed by atoms with Gasteiger partial charge in [0.25, 0.3) is 0 Å². The standard InChI is InChI=1S/C12H17N3/c1-7-6-8(2)13-10-9(7)14-11(15-10)12(3,4)5/h6H,1-5H3,(H,13,14,15). The van der Waals surface area contributed by atoms with E-state index in [1.807, 2.05) is 6.92 Å². The molecule has 3 nitrogen and oxygen atoms in total. The molecule has 0 aliphatic rings. The van der Waals surface area contributed by atoms with Crippen molar-refractivity contribution < 1.29 is 0 Å². The minimum atomic E-state index is 0.0427. The monoisotopic (exact) mass is 203 g/mol. The summed E-state index contributed by atoms with van der Waals surface area (Å²) in [6.07, 6.45) is 0. The quantitative estimate of drug-likeness (QED) is 0.715. The van der Waals surface area contributed by atoms with E-state index in [1.165, 1.54) is 5.56 Å². The van der Waals surface area contributed by atoms with Gasteiger partial charge in [0.1, 0.15) is 5.82 Å². The van der Waals surface area contributed by atoms with E-state index in [4.69, 9.17) is 0 Å². The molecule has 80 valence electrons. The summed E-state index contributed by atoms with van der Waals surface area (Å²) >= 11 is 0. The van der Waals surface area contributed by atoms with Crippen LogP contribution in [0.5, 0.6) is 0 Å². The largest absolute Gasteiger partial charge is 0.340 e. The predicted molar refractivity (Wildman–Crippen MR) is 62.1 cm³/mol. The third-order valence-electron chi connectivity index (χ3n) is 2.50. The summed E-state index contributed by atoms with van der Waals surface area (Å²) in [5.41, 5.74) is 4.16. The molecule has 0 aliphatic heterocycles. The molecule has 3 heteroatoms. The number of nitrogens with zero attached hydrogens (tertiary/aromatic N) is 2. The Labute approximate surface area is 90.0 Å². The molecular formula is C12H17N3. The summed E-state index contributed by atoms with van der Waals surface area (Å²) < 4.78 is 0. The van der Waals surface area contributed by atoms with Crippen molar-refractivity contribution in [1.29, 1.82) is 0 Å². The number of hydrogen-bond acceptors (Lipinski definition) is 2. The normalized spacial score (nSPS) is 12.3. The van der Waals surface area contributed by atoms with Gasteiger partial charge in [-0.05, 0) is 25.5 Å². The van der Waals surface area contributed by atoms with Crippen LogP contribution in [0, 0.1) is 13.8 Å². The lowest BCUT2D eigenvalue weighted by Crippen LogP contribution is -2.13. The number of pyridine rings is 1. The van der Waals surface area contributed by atoms with Gasteiger partial charge in [-0.3, -0.25) is 0 Å². The average molecular weight is 203 g/mol. The fourth-order valence-corrected chi connectivity index (χ4v) is 1.66. The third kappa shape index (κ3) is 1.74. The minimum absolute atomic E-state index is 0.0427. The van der Waals surface area contributed by atoms with Gasteiger partial charge in [0, 0.05) is 11.1 Å². The van der Waals surface area contributed by atoms with Crippen LogP contribution in [-0.4, -0.2) is 15.0 Å². The summed E-state index contributed by atoms with van der Waals surface area (Å²) in [7, 11) is 0. The molecule has 2 rings (SSSR count). The Morgan fingerprint density at radius 2 is 1.80 bits per heavy atom. The van der Waals surface area contributed by atoms with Crippen LogP contribution < -0.4 is 0 Å². The minimum Gasteiger partial charge on any atom is -0.340 e. The van der Waals surface area contributed by atoms with Gasteiger partial charge in [-0.2, -0.15) is 0 Å². The van der Waals surface area contributed by atoms with E-state index < -0.39 is 0 Å². The number of H-pyrrole nitrogens is 1. The van der Waals surface area contributed by atoms with Gasteiger partial charge in [0.2, 0.25) is 0 Å². The van der Waals surface area contributed by atoms with Crippen molar-refractivity contribution in [1.82, 2.24) is 15.0 Å². The Balaban J connectivity index is 2.71. The number of hydrogen-bond donors (Lipinski definition) is 1. The number of aromatic amines is 1. The lowest BCUT2D eigenvalue weighted by molar-refractivity contribution is 0.554. The van der Waals surface area contributed by atoms with E-state index in [0.717, 1.165) is 22.7 Å². The number of rotatable bonds is 0. The van der Waals surface area contributed by atoms with E-state index in [-0.39, 0.29) is 5.41 Å². The van der Waals surface area contributed by atoms with E-state index >= 15 is 0 Å². The van der Waals surface area contributed by atoms with Crippen LogP contribution in [-0.2, 0) is 5.41 Å². The average Bonchev–Trinajstić information content (AvgIpc) is 2.46. The van der Waals surface area contributed by atoms with Gasteiger partial charge < -0.3 is 4.98 Å². The van der Waals surface area contributed by atoms with E-state index in [0.29, 0.717) is 0 Å². The topological polar surface area (TPSA) is 41.6 Å². The number of aromatic nitrogens is 3. The highest BCUT2D eigenvalue weighted by Crippen LogP contribution is 2.23. The maximum Gasteiger partial charge on any atom is 0.178 e. The van der Waals surface area contributed by atoms with Crippen molar-refractivity contribution in [2.75, 3.05) is 0 Å². The fraction of sp³-hybridized carbons (Fsp3) is 0.500. The molecule has 2 heterocycles. The summed E-state index contributed by atoms with van der Waals surface area (Å²) in [5, 5.41) is 0. The van der Waals surface area contributed by atoms with Crippen molar-refractivity contribution in [2.45, 2.75) is 40.0 Å². The first-order valence-corrected chi connectivity index (χ1v) is 5.22. The highest BCUT2D eigenvalue weighted by molar-refractivity contribution is 5.75. The Morgan fingerprint density at radius 3 is 2.40 bits per heavy atom. The molecule has 2 aromatic heterocycles. The Bertz CT molecular complexity index is 503. The SMILES string of the molecule is Cc1cc(C)c2[nH]c(C(C)(C)C)nc2n1. The highest BCUT2D eigenvalue weighted by Gasteiger charge is 2.19. The molecule has 0 saturated heterocycles. The molecule has 15 heavy (non-hydrogen) atoms. The zero-order valence-electron chi connectivity index (χ0n) is 9.97. The lowest BCUT2D eigenvalue weighted by atomic mass is 9.96. The number of aryl methyl sites for hydroxylation is 2. The molecular weight excluding hydrogens is 186 g/mol. The maximum absolute atomic E-state index is 4.54. The number of nitrogens with one attached hydrogen (secondary N) is 1. The molecule has 0 fully saturated rings. The van der Waals surface area contributed by atoms with Crippen LogP contribution >= 0.6 is 0 Å².